The SMILES string of the molecule is CN1CCN(C(=N)c2ccc(C(=O)Nc3ccc4c(c3)OCC(CC(=O)O)C4)cc2)CC1. The summed E-state index contributed by atoms with van der Waals surface area (Å²) in [4.78, 5) is 27.9. The van der Waals surface area contributed by atoms with E-state index in [2.05, 4.69) is 22.2 Å². The van der Waals surface area contributed by atoms with Crippen molar-refractivity contribution in [2.24, 2.45) is 5.92 Å². The highest BCUT2D eigenvalue weighted by Crippen LogP contribution is 2.31. The predicted molar refractivity (Wildman–Crippen MR) is 122 cm³/mol. The van der Waals surface area contributed by atoms with Crippen molar-refractivity contribution in [3.05, 3.63) is 59.2 Å². The quantitative estimate of drug-likeness (QED) is 0.491. The fourth-order valence-electron chi connectivity index (χ4n) is 4.09. The van der Waals surface area contributed by atoms with Gasteiger partial charge in [0, 0.05) is 55.0 Å². The summed E-state index contributed by atoms with van der Waals surface area (Å²) in [6.45, 7) is 3.89. The Hall–Kier alpha value is -3.39. The highest BCUT2D eigenvalue weighted by Gasteiger charge is 2.23. The molecule has 4 rings (SSSR count). The number of carbonyl (C=O) groups is 2. The van der Waals surface area contributed by atoms with E-state index in [9.17, 15) is 9.59 Å². The first-order valence-electron chi connectivity index (χ1n) is 10.8. The summed E-state index contributed by atoms with van der Waals surface area (Å²) < 4.78 is 5.73. The number of benzene rings is 2. The highest BCUT2D eigenvalue weighted by atomic mass is 16.5. The van der Waals surface area contributed by atoms with Gasteiger partial charge in [-0.15, -0.1) is 0 Å². The van der Waals surface area contributed by atoms with E-state index in [0.29, 0.717) is 35.9 Å². The number of nitrogens with one attached hydrogen (secondary N) is 2. The van der Waals surface area contributed by atoms with Gasteiger partial charge in [-0.25, -0.2) is 0 Å². The number of hydrogen-bond donors (Lipinski definition) is 3. The van der Waals surface area contributed by atoms with Gasteiger partial charge in [0.2, 0.25) is 0 Å². The summed E-state index contributed by atoms with van der Waals surface area (Å²) in [6, 6.07) is 12.6. The van der Waals surface area contributed by atoms with Gasteiger partial charge < -0.3 is 25.0 Å². The molecule has 1 amide bonds. The van der Waals surface area contributed by atoms with Gasteiger partial charge in [-0.3, -0.25) is 15.0 Å². The lowest BCUT2D eigenvalue weighted by Gasteiger charge is -2.34. The van der Waals surface area contributed by atoms with Crippen LogP contribution in [0.3, 0.4) is 0 Å². The van der Waals surface area contributed by atoms with Crippen LogP contribution in [-0.4, -0.2) is 72.5 Å². The summed E-state index contributed by atoms with van der Waals surface area (Å²) in [5, 5.41) is 20.3. The number of fused-ring (bicyclic) bond motifs is 1. The number of piperazine rings is 1. The fourth-order valence-corrected chi connectivity index (χ4v) is 4.09. The van der Waals surface area contributed by atoms with Crippen molar-refractivity contribution >= 4 is 23.4 Å². The number of ether oxygens (including phenoxy) is 1. The molecule has 0 aromatic heterocycles. The number of carboxylic acids is 1. The molecule has 8 heteroatoms. The largest absolute Gasteiger partial charge is 0.493 e. The molecular weight excluding hydrogens is 408 g/mol. The minimum absolute atomic E-state index is 0.0384. The van der Waals surface area contributed by atoms with Crippen molar-refractivity contribution in [3.8, 4) is 5.75 Å². The van der Waals surface area contributed by atoms with Gasteiger partial charge in [0.05, 0.1) is 13.0 Å². The number of aliphatic carboxylic acids is 1. The molecule has 2 aromatic rings. The van der Waals surface area contributed by atoms with Gasteiger partial charge >= 0.3 is 5.97 Å². The van der Waals surface area contributed by atoms with Crippen molar-refractivity contribution in [1.82, 2.24) is 9.80 Å². The highest BCUT2D eigenvalue weighted by molar-refractivity contribution is 6.05. The Morgan fingerprint density at radius 1 is 1.09 bits per heavy atom. The van der Waals surface area contributed by atoms with E-state index in [1.54, 1.807) is 24.3 Å². The van der Waals surface area contributed by atoms with Gasteiger partial charge in [-0.2, -0.15) is 0 Å². The second-order valence-corrected chi connectivity index (χ2v) is 8.47. The average Bonchev–Trinajstić information content (AvgIpc) is 2.79. The monoisotopic (exact) mass is 436 g/mol. The number of carboxylic acid groups (broad SMARTS) is 1. The average molecular weight is 437 g/mol. The summed E-state index contributed by atoms with van der Waals surface area (Å²) in [6.07, 6.45) is 0.733. The van der Waals surface area contributed by atoms with Crippen molar-refractivity contribution in [3.63, 3.8) is 0 Å². The number of nitrogens with zero attached hydrogens (tertiary/aromatic N) is 2. The Morgan fingerprint density at radius 2 is 1.78 bits per heavy atom. The van der Waals surface area contributed by atoms with Crippen LogP contribution in [0.25, 0.3) is 0 Å². The number of carbonyl (C=O) groups excluding carboxylic acids is 1. The Labute approximate surface area is 187 Å². The first-order valence-corrected chi connectivity index (χ1v) is 10.8. The molecule has 32 heavy (non-hydrogen) atoms. The molecule has 3 N–H and O–H groups in total. The van der Waals surface area contributed by atoms with Gasteiger partial charge in [-0.1, -0.05) is 18.2 Å². The van der Waals surface area contributed by atoms with Crippen LogP contribution >= 0.6 is 0 Å². The maximum absolute atomic E-state index is 12.7. The second-order valence-electron chi connectivity index (χ2n) is 8.47. The number of amides is 1. The van der Waals surface area contributed by atoms with E-state index in [1.807, 2.05) is 18.2 Å². The first-order chi connectivity index (χ1) is 15.4. The number of rotatable bonds is 5. The fraction of sp³-hybridized carbons (Fsp3) is 0.375. The molecule has 168 valence electrons. The molecule has 2 aliphatic rings. The van der Waals surface area contributed by atoms with E-state index in [-0.39, 0.29) is 18.2 Å². The van der Waals surface area contributed by atoms with E-state index in [4.69, 9.17) is 15.3 Å². The summed E-state index contributed by atoms with van der Waals surface area (Å²) >= 11 is 0. The van der Waals surface area contributed by atoms with Crippen LogP contribution in [0.4, 0.5) is 5.69 Å². The Kier molecular flexibility index (Phi) is 6.41. The van der Waals surface area contributed by atoms with E-state index < -0.39 is 5.97 Å². The van der Waals surface area contributed by atoms with Gasteiger partial charge in [-0.05, 0) is 37.2 Å². The number of anilines is 1. The van der Waals surface area contributed by atoms with Crippen LogP contribution in [0.1, 0.15) is 27.9 Å². The first kappa shape index (κ1) is 21.8. The van der Waals surface area contributed by atoms with Crippen LogP contribution in [0, 0.1) is 11.3 Å². The Balaban J connectivity index is 1.37. The molecule has 0 saturated carbocycles. The summed E-state index contributed by atoms with van der Waals surface area (Å²) in [7, 11) is 2.08. The van der Waals surface area contributed by atoms with Crippen LogP contribution in [0.5, 0.6) is 5.75 Å². The molecular formula is C24H28N4O4. The predicted octanol–water partition coefficient (Wildman–Crippen LogP) is 2.54. The minimum atomic E-state index is -0.823. The van der Waals surface area contributed by atoms with Gasteiger partial charge in [0.15, 0.2) is 0 Å². The van der Waals surface area contributed by atoms with E-state index in [1.165, 1.54) is 0 Å². The van der Waals surface area contributed by atoms with Crippen molar-refractivity contribution in [1.29, 1.82) is 5.41 Å². The van der Waals surface area contributed by atoms with Crippen molar-refractivity contribution in [2.75, 3.05) is 45.2 Å². The molecule has 1 saturated heterocycles. The minimum Gasteiger partial charge on any atom is -0.493 e. The molecule has 0 radical (unpaired) electrons. The number of hydrogen-bond acceptors (Lipinski definition) is 5. The zero-order chi connectivity index (χ0) is 22.7. The lowest BCUT2D eigenvalue weighted by atomic mass is 9.94. The molecule has 0 aliphatic carbocycles. The summed E-state index contributed by atoms with van der Waals surface area (Å²) in [5.74, 6) is 0.0693. The third kappa shape index (κ3) is 5.08. The third-order valence-corrected chi connectivity index (χ3v) is 6.01. The topological polar surface area (TPSA) is 106 Å². The molecule has 0 bridgehead atoms. The van der Waals surface area contributed by atoms with Crippen LogP contribution < -0.4 is 10.1 Å². The van der Waals surface area contributed by atoms with Crippen LogP contribution in [0.2, 0.25) is 0 Å². The zero-order valence-corrected chi connectivity index (χ0v) is 18.1. The molecule has 1 atom stereocenters. The maximum Gasteiger partial charge on any atom is 0.303 e. The molecule has 2 aromatic carbocycles. The van der Waals surface area contributed by atoms with Crippen molar-refractivity contribution < 1.29 is 19.4 Å². The standard InChI is InChI=1S/C24H28N4O4/c1-27-8-10-28(11-9-27)23(25)17-2-4-18(5-3-17)24(31)26-20-7-6-19-12-16(13-22(29)30)15-32-21(19)14-20/h2-7,14,16,25H,8-13,15H2,1H3,(H,26,31)(H,29,30). The van der Waals surface area contributed by atoms with E-state index >= 15 is 0 Å². The van der Waals surface area contributed by atoms with Crippen LogP contribution in [-0.2, 0) is 11.2 Å². The zero-order valence-electron chi connectivity index (χ0n) is 18.1. The molecule has 2 aliphatic heterocycles. The molecule has 1 unspecified atom stereocenters. The molecule has 2 heterocycles. The summed E-state index contributed by atoms with van der Waals surface area (Å²) in [5.41, 5.74) is 2.89. The van der Waals surface area contributed by atoms with Crippen LogP contribution in [0.15, 0.2) is 42.5 Å². The normalized spacial score (nSPS) is 18.4. The van der Waals surface area contributed by atoms with Crippen molar-refractivity contribution in [2.45, 2.75) is 12.8 Å². The second kappa shape index (κ2) is 9.40. The Bertz CT molecular complexity index is 1010. The smallest absolute Gasteiger partial charge is 0.303 e. The number of amidine groups is 1. The van der Waals surface area contributed by atoms with E-state index in [0.717, 1.165) is 37.3 Å². The lowest BCUT2D eigenvalue weighted by molar-refractivity contribution is -0.138. The maximum atomic E-state index is 12.7. The van der Waals surface area contributed by atoms with Gasteiger partial charge in [0.1, 0.15) is 11.6 Å². The lowest BCUT2D eigenvalue weighted by Crippen LogP contribution is -2.47. The third-order valence-electron chi connectivity index (χ3n) is 6.01. The molecule has 0 spiro atoms. The van der Waals surface area contributed by atoms with Gasteiger partial charge in [0.25, 0.3) is 5.91 Å². The Morgan fingerprint density at radius 3 is 2.47 bits per heavy atom. The molecule has 8 nitrogen and oxygen atoms in total. The molecule has 1 fully saturated rings. The number of likely N-dealkylation sites (N-methyl/N-ethyl adjacent to an activating group) is 1.